The average Bonchev–Trinajstić information content (AvgIpc) is 2.83. The molecule has 1 aromatic carbocycles. The van der Waals surface area contributed by atoms with Gasteiger partial charge >= 0.3 is 0 Å². The Bertz CT molecular complexity index is 795. The number of hydrogen-bond donors (Lipinski definition) is 0. The van der Waals surface area contributed by atoms with E-state index in [0.717, 1.165) is 19.3 Å². The summed E-state index contributed by atoms with van der Waals surface area (Å²) in [5.74, 6) is -0.129. The summed E-state index contributed by atoms with van der Waals surface area (Å²) < 4.78 is 5.97. The van der Waals surface area contributed by atoms with E-state index >= 15 is 0 Å². The molecular weight excluding hydrogens is 318 g/mol. The minimum Gasteiger partial charge on any atom is -0.475 e. The molecule has 0 N–H and O–H groups in total. The first-order chi connectivity index (χ1) is 12.1. The highest BCUT2D eigenvalue weighted by Gasteiger charge is 2.44. The SMILES string of the molecule is CC1=C2C(=O)c3ccccc3C(=O)[C@H]2C[C@@H](N2CCCCCC2=O)O1. The summed E-state index contributed by atoms with van der Waals surface area (Å²) in [7, 11) is 0. The maximum absolute atomic E-state index is 13.0. The first-order valence-electron chi connectivity index (χ1n) is 8.92. The Morgan fingerprint density at radius 1 is 1.04 bits per heavy atom. The van der Waals surface area contributed by atoms with Crippen LogP contribution < -0.4 is 0 Å². The summed E-state index contributed by atoms with van der Waals surface area (Å²) in [5.41, 5.74) is 1.39. The largest absolute Gasteiger partial charge is 0.475 e. The monoisotopic (exact) mass is 339 g/mol. The van der Waals surface area contributed by atoms with E-state index in [0.29, 0.717) is 41.8 Å². The standard InChI is InChI=1S/C20H21NO4/c1-12-18-15(19(23)13-7-4-5-8-14(13)20(18)24)11-17(25-12)21-10-6-2-3-9-16(21)22/h4-5,7-8,15,17H,2-3,6,9-11H2,1H3/t15-,17-/m0/s1. The lowest BCUT2D eigenvalue weighted by molar-refractivity contribution is -0.144. The van der Waals surface area contributed by atoms with Gasteiger partial charge < -0.3 is 9.64 Å². The molecule has 1 amide bonds. The van der Waals surface area contributed by atoms with Crippen molar-refractivity contribution in [3.63, 3.8) is 0 Å². The molecule has 3 aliphatic rings. The highest BCUT2D eigenvalue weighted by Crippen LogP contribution is 2.39. The van der Waals surface area contributed by atoms with Crippen LogP contribution in [-0.4, -0.2) is 35.1 Å². The summed E-state index contributed by atoms with van der Waals surface area (Å²) in [4.78, 5) is 40.0. The number of hydrogen-bond acceptors (Lipinski definition) is 4. The van der Waals surface area contributed by atoms with Crippen molar-refractivity contribution >= 4 is 17.5 Å². The molecule has 2 atom stereocenters. The number of ether oxygens (including phenoxy) is 1. The van der Waals surface area contributed by atoms with Crippen molar-refractivity contribution in [2.24, 2.45) is 5.92 Å². The fourth-order valence-corrected chi connectivity index (χ4v) is 4.16. The third-order valence-corrected chi connectivity index (χ3v) is 5.43. The molecule has 0 aromatic heterocycles. The molecule has 4 rings (SSSR count). The van der Waals surface area contributed by atoms with Crippen LogP contribution in [0.4, 0.5) is 0 Å². The average molecular weight is 339 g/mol. The third-order valence-electron chi connectivity index (χ3n) is 5.43. The number of carbonyl (C=O) groups excluding carboxylic acids is 3. The van der Waals surface area contributed by atoms with Gasteiger partial charge in [0, 0.05) is 36.1 Å². The third kappa shape index (κ3) is 2.58. The lowest BCUT2D eigenvalue weighted by Gasteiger charge is -2.39. The summed E-state index contributed by atoms with van der Waals surface area (Å²) in [5, 5.41) is 0. The Hall–Kier alpha value is -2.43. The van der Waals surface area contributed by atoms with E-state index in [1.54, 1.807) is 36.1 Å². The van der Waals surface area contributed by atoms with Gasteiger partial charge in [-0.2, -0.15) is 0 Å². The van der Waals surface area contributed by atoms with Crippen LogP contribution in [0.15, 0.2) is 35.6 Å². The molecule has 1 aromatic rings. The van der Waals surface area contributed by atoms with Gasteiger partial charge in [0.2, 0.25) is 5.91 Å². The molecule has 5 nitrogen and oxygen atoms in total. The minimum atomic E-state index is -0.516. The van der Waals surface area contributed by atoms with Crippen molar-refractivity contribution in [2.75, 3.05) is 6.54 Å². The number of rotatable bonds is 1. The van der Waals surface area contributed by atoms with Crippen molar-refractivity contribution in [3.8, 4) is 0 Å². The molecule has 0 spiro atoms. The fraction of sp³-hybridized carbons (Fsp3) is 0.450. The smallest absolute Gasteiger partial charge is 0.225 e. The van der Waals surface area contributed by atoms with Gasteiger partial charge in [-0.15, -0.1) is 0 Å². The van der Waals surface area contributed by atoms with E-state index in [-0.39, 0.29) is 17.5 Å². The normalized spacial score (nSPS) is 26.8. The van der Waals surface area contributed by atoms with Crippen LogP contribution in [0.25, 0.3) is 0 Å². The number of ketones is 2. The van der Waals surface area contributed by atoms with E-state index < -0.39 is 12.1 Å². The molecular formula is C20H21NO4. The van der Waals surface area contributed by atoms with Crippen molar-refractivity contribution < 1.29 is 19.1 Å². The number of allylic oxidation sites excluding steroid dienone is 2. The van der Waals surface area contributed by atoms with Gasteiger partial charge in [-0.1, -0.05) is 30.7 Å². The van der Waals surface area contributed by atoms with Gasteiger partial charge in [-0.3, -0.25) is 14.4 Å². The van der Waals surface area contributed by atoms with E-state index in [1.165, 1.54) is 0 Å². The maximum atomic E-state index is 13.0. The zero-order valence-corrected chi connectivity index (χ0v) is 14.3. The predicted octanol–water partition coefficient (Wildman–Crippen LogP) is 3.10. The zero-order chi connectivity index (χ0) is 17.6. The van der Waals surface area contributed by atoms with Crippen LogP contribution in [0.2, 0.25) is 0 Å². The molecule has 2 heterocycles. The molecule has 1 saturated heterocycles. The lowest BCUT2D eigenvalue weighted by Crippen LogP contribution is -2.47. The molecule has 1 aliphatic carbocycles. The quantitative estimate of drug-likeness (QED) is 0.789. The molecule has 5 heteroatoms. The summed E-state index contributed by atoms with van der Waals surface area (Å²) in [6, 6.07) is 6.95. The summed E-state index contributed by atoms with van der Waals surface area (Å²) >= 11 is 0. The number of nitrogens with zero attached hydrogens (tertiary/aromatic N) is 1. The number of fused-ring (bicyclic) bond motifs is 2. The molecule has 0 radical (unpaired) electrons. The molecule has 25 heavy (non-hydrogen) atoms. The Morgan fingerprint density at radius 2 is 1.80 bits per heavy atom. The minimum absolute atomic E-state index is 0.0416. The maximum Gasteiger partial charge on any atom is 0.225 e. The number of benzene rings is 1. The van der Waals surface area contributed by atoms with Crippen molar-refractivity contribution in [1.82, 2.24) is 4.90 Å². The van der Waals surface area contributed by atoms with E-state index in [4.69, 9.17) is 4.74 Å². The fourth-order valence-electron chi connectivity index (χ4n) is 4.16. The number of likely N-dealkylation sites (tertiary alicyclic amines) is 1. The molecule has 1 fully saturated rings. The first kappa shape index (κ1) is 16.1. The summed E-state index contributed by atoms with van der Waals surface area (Å²) in [6.07, 6.45) is 3.30. The second-order valence-electron chi connectivity index (χ2n) is 6.97. The van der Waals surface area contributed by atoms with Gasteiger partial charge in [0.15, 0.2) is 17.8 Å². The van der Waals surface area contributed by atoms with Crippen molar-refractivity contribution in [2.45, 2.75) is 45.3 Å². The predicted molar refractivity (Wildman–Crippen MR) is 91.0 cm³/mol. The Morgan fingerprint density at radius 3 is 2.60 bits per heavy atom. The van der Waals surface area contributed by atoms with Gasteiger partial charge in [-0.25, -0.2) is 0 Å². The van der Waals surface area contributed by atoms with Crippen LogP contribution in [0.5, 0.6) is 0 Å². The zero-order valence-electron chi connectivity index (χ0n) is 14.3. The number of amides is 1. The van der Waals surface area contributed by atoms with E-state index in [9.17, 15) is 14.4 Å². The van der Waals surface area contributed by atoms with Crippen LogP contribution in [0, 0.1) is 5.92 Å². The van der Waals surface area contributed by atoms with Gasteiger partial charge in [-0.05, 0) is 19.8 Å². The number of Topliss-reactive ketones (excluding diaryl/α,β-unsaturated/α-hetero) is 2. The van der Waals surface area contributed by atoms with Crippen molar-refractivity contribution in [3.05, 3.63) is 46.7 Å². The topological polar surface area (TPSA) is 63.7 Å². The van der Waals surface area contributed by atoms with E-state index in [2.05, 4.69) is 0 Å². The molecule has 0 unspecified atom stereocenters. The Kier molecular flexibility index (Phi) is 3.94. The highest BCUT2D eigenvalue weighted by atomic mass is 16.5. The Labute approximate surface area is 146 Å². The second kappa shape index (κ2) is 6.14. The van der Waals surface area contributed by atoms with Crippen LogP contribution >= 0.6 is 0 Å². The summed E-state index contributed by atoms with van der Waals surface area (Å²) in [6.45, 7) is 2.38. The van der Waals surface area contributed by atoms with Crippen LogP contribution in [0.1, 0.15) is 59.7 Å². The molecule has 0 saturated carbocycles. The molecule has 0 bridgehead atoms. The lowest BCUT2D eigenvalue weighted by atomic mass is 9.74. The number of carbonyl (C=O) groups is 3. The van der Waals surface area contributed by atoms with Crippen LogP contribution in [0.3, 0.4) is 0 Å². The first-order valence-corrected chi connectivity index (χ1v) is 8.92. The van der Waals surface area contributed by atoms with Gasteiger partial charge in [0.05, 0.1) is 5.92 Å². The van der Waals surface area contributed by atoms with Gasteiger partial charge in [0.1, 0.15) is 5.76 Å². The van der Waals surface area contributed by atoms with Gasteiger partial charge in [0.25, 0.3) is 0 Å². The highest BCUT2D eigenvalue weighted by molar-refractivity contribution is 6.23. The second-order valence-corrected chi connectivity index (χ2v) is 6.97. The van der Waals surface area contributed by atoms with Crippen molar-refractivity contribution in [1.29, 1.82) is 0 Å². The molecule has 130 valence electrons. The Balaban J connectivity index is 1.70. The van der Waals surface area contributed by atoms with E-state index in [1.807, 2.05) is 0 Å². The van der Waals surface area contributed by atoms with Crippen LogP contribution in [-0.2, 0) is 9.53 Å². The molecule has 2 aliphatic heterocycles.